The Bertz CT molecular complexity index is 318. The smallest absolute Gasteiger partial charge is 0.0610 e. The van der Waals surface area contributed by atoms with Crippen molar-refractivity contribution in [2.24, 2.45) is 0 Å². The van der Waals surface area contributed by atoms with Crippen LogP contribution in [0.4, 0.5) is 0 Å². The van der Waals surface area contributed by atoms with Gasteiger partial charge in [-0.25, -0.2) is 0 Å². The van der Waals surface area contributed by atoms with Gasteiger partial charge < -0.3 is 4.74 Å². The van der Waals surface area contributed by atoms with Crippen molar-refractivity contribution in [3.63, 3.8) is 0 Å². The van der Waals surface area contributed by atoms with Gasteiger partial charge in [0.15, 0.2) is 0 Å². The van der Waals surface area contributed by atoms with Crippen LogP contribution >= 0.6 is 0 Å². The first-order valence-corrected chi connectivity index (χ1v) is 6.73. The van der Waals surface area contributed by atoms with Crippen LogP contribution in [0.15, 0.2) is 30.3 Å². The van der Waals surface area contributed by atoms with Crippen LogP contribution in [0.5, 0.6) is 0 Å². The molecule has 1 aromatic rings. The van der Waals surface area contributed by atoms with E-state index in [1.54, 1.807) is 0 Å². The van der Waals surface area contributed by atoms with Crippen LogP contribution in [-0.2, 0) is 21.3 Å². The maximum atomic E-state index is 12.0. The highest BCUT2D eigenvalue weighted by molar-refractivity contribution is 7.84. The summed E-state index contributed by atoms with van der Waals surface area (Å²) < 4.78 is 17.3. The van der Waals surface area contributed by atoms with E-state index in [9.17, 15) is 4.21 Å². The van der Waals surface area contributed by atoms with Gasteiger partial charge in [-0.3, -0.25) is 4.21 Å². The molecule has 1 saturated heterocycles. The monoisotopic (exact) mass is 224 g/mol. The Morgan fingerprint density at radius 2 is 2.13 bits per heavy atom. The van der Waals surface area contributed by atoms with Crippen molar-refractivity contribution in [2.45, 2.75) is 23.8 Å². The Morgan fingerprint density at radius 3 is 2.80 bits per heavy atom. The van der Waals surface area contributed by atoms with Crippen molar-refractivity contribution < 1.29 is 8.95 Å². The lowest BCUT2D eigenvalue weighted by Crippen LogP contribution is -2.27. The number of hydrogen-bond acceptors (Lipinski definition) is 2. The zero-order chi connectivity index (χ0) is 10.5. The van der Waals surface area contributed by atoms with Gasteiger partial charge in [0.25, 0.3) is 0 Å². The molecule has 2 rings (SSSR count). The Labute approximate surface area is 93.1 Å². The first-order valence-electron chi connectivity index (χ1n) is 5.35. The van der Waals surface area contributed by atoms with Crippen LogP contribution < -0.4 is 0 Å². The maximum Gasteiger partial charge on any atom is 0.0610 e. The predicted octanol–water partition coefficient (Wildman–Crippen LogP) is 2.11. The highest BCUT2D eigenvalue weighted by Gasteiger charge is 2.20. The second-order valence-corrected chi connectivity index (χ2v) is 5.57. The first kappa shape index (κ1) is 10.8. The Hall–Kier alpha value is -0.670. The fourth-order valence-corrected chi connectivity index (χ4v) is 3.21. The van der Waals surface area contributed by atoms with Crippen LogP contribution in [0.2, 0.25) is 0 Å². The van der Waals surface area contributed by atoms with E-state index in [4.69, 9.17) is 4.74 Å². The van der Waals surface area contributed by atoms with Gasteiger partial charge in [0.05, 0.1) is 11.9 Å². The van der Waals surface area contributed by atoms with Crippen LogP contribution in [0, 0.1) is 0 Å². The molecule has 1 aromatic carbocycles. The molecule has 1 aliphatic rings. The minimum Gasteiger partial charge on any atom is -0.380 e. The van der Waals surface area contributed by atoms with E-state index in [0.717, 1.165) is 25.0 Å². The van der Waals surface area contributed by atoms with Gasteiger partial charge in [0, 0.05) is 23.2 Å². The lowest BCUT2D eigenvalue weighted by atomic mass is 10.2. The molecule has 15 heavy (non-hydrogen) atoms. The van der Waals surface area contributed by atoms with Crippen LogP contribution in [-0.4, -0.2) is 22.7 Å². The fraction of sp³-hybridized carbons (Fsp3) is 0.500. The summed E-state index contributed by atoms with van der Waals surface area (Å²) in [4.78, 5) is 0. The molecule has 82 valence electrons. The molecule has 0 aliphatic carbocycles. The zero-order valence-electron chi connectivity index (χ0n) is 8.72. The second-order valence-electron chi connectivity index (χ2n) is 3.85. The van der Waals surface area contributed by atoms with E-state index in [1.165, 1.54) is 0 Å². The minimum atomic E-state index is -0.782. The third kappa shape index (κ3) is 3.14. The average molecular weight is 224 g/mol. The molecule has 2 nitrogen and oxygen atoms in total. The van der Waals surface area contributed by atoms with Crippen molar-refractivity contribution in [1.82, 2.24) is 0 Å². The fourth-order valence-electron chi connectivity index (χ4n) is 1.77. The van der Waals surface area contributed by atoms with Gasteiger partial charge in [-0.1, -0.05) is 30.3 Å². The number of benzene rings is 1. The number of ether oxygens (including phenoxy) is 1. The summed E-state index contributed by atoms with van der Waals surface area (Å²) in [6.07, 6.45) is 2.09. The Morgan fingerprint density at radius 1 is 1.33 bits per heavy atom. The molecule has 1 fully saturated rings. The van der Waals surface area contributed by atoms with E-state index in [0.29, 0.717) is 12.4 Å². The predicted molar refractivity (Wildman–Crippen MR) is 62.1 cm³/mol. The molecule has 0 aromatic heterocycles. The third-order valence-corrected chi connectivity index (χ3v) is 4.38. The van der Waals surface area contributed by atoms with Crippen molar-refractivity contribution in [3.8, 4) is 0 Å². The summed E-state index contributed by atoms with van der Waals surface area (Å²) in [5, 5.41) is 0.235. The van der Waals surface area contributed by atoms with Gasteiger partial charge in [0.2, 0.25) is 0 Å². The third-order valence-electron chi connectivity index (χ3n) is 2.64. The summed E-state index contributed by atoms with van der Waals surface area (Å²) in [5.74, 6) is 0.662. The van der Waals surface area contributed by atoms with Gasteiger partial charge >= 0.3 is 0 Å². The van der Waals surface area contributed by atoms with Crippen molar-refractivity contribution in [3.05, 3.63) is 35.9 Å². The SMILES string of the molecule is O=S(Cc1ccccc1)[C@H]1CCCOC1. The van der Waals surface area contributed by atoms with E-state index in [1.807, 2.05) is 30.3 Å². The van der Waals surface area contributed by atoms with Crippen LogP contribution in [0.1, 0.15) is 18.4 Å². The Balaban J connectivity index is 1.91. The molecule has 0 bridgehead atoms. The van der Waals surface area contributed by atoms with Gasteiger partial charge in [-0.05, 0) is 18.4 Å². The molecule has 1 aliphatic heterocycles. The summed E-state index contributed by atoms with van der Waals surface area (Å²) in [6.45, 7) is 1.50. The number of rotatable bonds is 3. The quantitative estimate of drug-likeness (QED) is 0.786. The maximum absolute atomic E-state index is 12.0. The molecular weight excluding hydrogens is 208 g/mol. The van der Waals surface area contributed by atoms with Crippen molar-refractivity contribution in [1.29, 1.82) is 0 Å². The van der Waals surface area contributed by atoms with E-state index in [-0.39, 0.29) is 5.25 Å². The highest BCUT2D eigenvalue weighted by Crippen LogP contribution is 2.15. The van der Waals surface area contributed by atoms with Gasteiger partial charge in [-0.15, -0.1) is 0 Å². The highest BCUT2D eigenvalue weighted by atomic mass is 32.2. The van der Waals surface area contributed by atoms with Gasteiger partial charge in [-0.2, -0.15) is 0 Å². The van der Waals surface area contributed by atoms with E-state index in [2.05, 4.69) is 0 Å². The molecule has 2 atom stereocenters. The molecule has 0 N–H and O–H groups in total. The molecule has 0 amide bonds. The topological polar surface area (TPSA) is 26.3 Å². The minimum absolute atomic E-state index is 0.235. The average Bonchev–Trinajstić information content (AvgIpc) is 2.31. The largest absolute Gasteiger partial charge is 0.380 e. The summed E-state index contributed by atoms with van der Waals surface area (Å²) in [6, 6.07) is 10.0. The molecule has 0 radical (unpaired) electrons. The molecule has 0 spiro atoms. The molecule has 3 heteroatoms. The zero-order valence-corrected chi connectivity index (χ0v) is 9.54. The lowest BCUT2D eigenvalue weighted by Gasteiger charge is -2.21. The second kappa shape index (κ2) is 5.42. The molecule has 1 unspecified atom stereocenters. The van der Waals surface area contributed by atoms with Crippen molar-refractivity contribution in [2.75, 3.05) is 13.2 Å². The summed E-state index contributed by atoms with van der Waals surface area (Å²) >= 11 is 0. The molecule has 0 saturated carbocycles. The lowest BCUT2D eigenvalue weighted by molar-refractivity contribution is 0.100. The summed E-state index contributed by atoms with van der Waals surface area (Å²) in [7, 11) is -0.782. The standard InChI is InChI=1S/C12H16O2S/c13-15(12-7-4-8-14-9-12)10-11-5-2-1-3-6-11/h1-3,5-6,12H,4,7-10H2/t12-,15?/m0/s1. The van der Waals surface area contributed by atoms with Crippen LogP contribution in [0.3, 0.4) is 0 Å². The summed E-state index contributed by atoms with van der Waals surface area (Å²) in [5.41, 5.74) is 1.15. The van der Waals surface area contributed by atoms with E-state index < -0.39 is 10.8 Å². The first-order chi connectivity index (χ1) is 7.36. The number of hydrogen-bond donors (Lipinski definition) is 0. The van der Waals surface area contributed by atoms with Gasteiger partial charge in [0.1, 0.15) is 0 Å². The Kier molecular flexibility index (Phi) is 3.92. The molecule has 1 heterocycles. The van der Waals surface area contributed by atoms with Crippen molar-refractivity contribution >= 4 is 10.8 Å². The van der Waals surface area contributed by atoms with Crippen LogP contribution in [0.25, 0.3) is 0 Å². The normalized spacial score (nSPS) is 23.6. The van der Waals surface area contributed by atoms with E-state index >= 15 is 0 Å². The molecular formula is C12H16O2S.